The van der Waals surface area contributed by atoms with Crippen LogP contribution in [-0.4, -0.2) is 6.71 Å². The highest BCUT2D eigenvalue weighted by atomic mass is 16.5. The fourth-order valence-corrected chi connectivity index (χ4v) is 10.2. The molecule has 0 atom stereocenters. The first-order valence-electron chi connectivity index (χ1n) is 24.3. The van der Waals surface area contributed by atoms with E-state index in [1.807, 2.05) is 0 Å². The molecule has 0 bridgehead atoms. The molecule has 0 saturated carbocycles. The highest BCUT2D eigenvalue weighted by molar-refractivity contribution is 6.99. The van der Waals surface area contributed by atoms with Crippen molar-refractivity contribution in [1.29, 1.82) is 0 Å². The Morgan fingerprint density at radius 2 is 0.955 bits per heavy atom. The number of anilines is 6. The molecule has 0 N–H and O–H groups in total. The van der Waals surface area contributed by atoms with Gasteiger partial charge in [0.15, 0.2) is 0 Å². The lowest BCUT2D eigenvalue weighted by Gasteiger charge is -2.42. The van der Waals surface area contributed by atoms with Crippen LogP contribution in [0.3, 0.4) is 0 Å². The van der Waals surface area contributed by atoms with Gasteiger partial charge in [-0.3, -0.25) is 0 Å². The number of benzene rings is 7. The van der Waals surface area contributed by atoms with Gasteiger partial charge >= 0.3 is 0 Å². The van der Waals surface area contributed by atoms with Crippen molar-refractivity contribution in [3.05, 3.63) is 161 Å². The SMILES string of the molecule is CC(C)(C)c1ccc(N(c2ccc(C(C)(C)C)cc2)c2cc(N3c4ccc(C(C)(C)C)cc4B4c5cc(C(C)(C)C)ccc5Oc5cc(C(C)(C)C)cc3c54)cc3oc4ccccc4c23)cc1. The normalized spacial score (nSPS) is 14.0. The van der Waals surface area contributed by atoms with Gasteiger partial charge < -0.3 is 19.0 Å². The van der Waals surface area contributed by atoms with Crippen molar-refractivity contribution in [2.24, 2.45) is 0 Å². The molecule has 0 radical (unpaired) electrons. The molecule has 0 amide bonds. The number of hydrogen-bond donors (Lipinski definition) is 0. The second-order valence-electron chi connectivity index (χ2n) is 24.4. The number of hydrogen-bond acceptors (Lipinski definition) is 4. The van der Waals surface area contributed by atoms with Crippen molar-refractivity contribution in [3.63, 3.8) is 0 Å². The number of para-hydroxylation sites is 1. The molecule has 4 nitrogen and oxygen atoms in total. The molecule has 0 spiro atoms. The highest BCUT2D eigenvalue weighted by Gasteiger charge is 2.44. The Morgan fingerprint density at radius 3 is 1.52 bits per heavy atom. The Hall–Kier alpha value is -6.20. The lowest BCUT2D eigenvalue weighted by molar-refractivity contribution is 0.482. The van der Waals surface area contributed by atoms with Crippen molar-refractivity contribution in [1.82, 2.24) is 0 Å². The molecule has 7 aromatic carbocycles. The topological polar surface area (TPSA) is 28.9 Å². The molecule has 2 aliphatic rings. The van der Waals surface area contributed by atoms with Crippen molar-refractivity contribution in [2.45, 2.75) is 131 Å². The summed E-state index contributed by atoms with van der Waals surface area (Å²) >= 11 is 0. The fourth-order valence-electron chi connectivity index (χ4n) is 10.2. The van der Waals surface area contributed by atoms with Gasteiger partial charge in [0.05, 0.1) is 16.8 Å². The molecule has 67 heavy (non-hydrogen) atoms. The predicted octanol–water partition coefficient (Wildman–Crippen LogP) is 15.9. The van der Waals surface area contributed by atoms with Gasteiger partial charge in [0.2, 0.25) is 0 Å². The summed E-state index contributed by atoms with van der Waals surface area (Å²) in [5.41, 5.74) is 18.1. The van der Waals surface area contributed by atoms with Crippen molar-refractivity contribution < 1.29 is 9.15 Å². The summed E-state index contributed by atoms with van der Waals surface area (Å²) in [6.07, 6.45) is 0. The minimum absolute atomic E-state index is 0.0112. The maximum Gasteiger partial charge on any atom is 0.256 e. The summed E-state index contributed by atoms with van der Waals surface area (Å²) in [5.74, 6) is 1.85. The zero-order valence-corrected chi connectivity index (χ0v) is 42.5. The molecule has 0 fully saturated rings. The van der Waals surface area contributed by atoms with Gasteiger partial charge in [-0.1, -0.05) is 171 Å². The van der Waals surface area contributed by atoms with Crippen LogP contribution in [0.25, 0.3) is 21.9 Å². The van der Waals surface area contributed by atoms with Gasteiger partial charge in [0, 0.05) is 34.2 Å². The highest BCUT2D eigenvalue weighted by Crippen LogP contribution is 2.50. The van der Waals surface area contributed by atoms with Crippen LogP contribution >= 0.6 is 0 Å². The van der Waals surface area contributed by atoms with Gasteiger partial charge in [-0.25, -0.2) is 0 Å². The Balaban J connectivity index is 1.30. The molecule has 5 heteroatoms. The standard InChI is InChI=1S/C62H67BN2O2/c1-58(2,3)38-20-26-43(27-21-38)64(44-28-22-39(23-29-44)59(4,5)6)50-36-45(37-54-56(50)46-18-16-17-19-52(46)66-54)65-49-30-24-40(60(7,8)9)32-47(49)63-48-33-41(61(10,11)12)25-31-53(48)67-55-35-42(62(13,14)15)34-51(65)57(55)63/h16-37H,1-15H3. The van der Waals surface area contributed by atoms with E-state index in [1.54, 1.807) is 0 Å². The van der Waals surface area contributed by atoms with Crippen molar-refractivity contribution >= 4 is 79.2 Å². The first kappa shape index (κ1) is 44.6. The van der Waals surface area contributed by atoms with Crippen LogP contribution in [0, 0.1) is 0 Å². The number of furan rings is 1. The van der Waals surface area contributed by atoms with Gasteiger partial charge in [0.25, 0.3) is 6.71 Å². The molecule has 2 aliphatic heterocycles. The molecular formula is C62H67BN2O2. The van der Waals surface area contributed by atoms with Crippen LogP contribution in [-0.2, 0) is 27.1 Å². The van der Waals surface area contributed by atoms with Gasteiger partial charge in [-0.2, -0.15) is 0 Å². The minimum Gasteiger partial charge on any atom is -0.458 e. The molecule has 10 rings (SSSR count). The van der Waals surface area contributed by atoms with Crippen LogP contribution in [0.1, 0.15) is 132 Å². The lowest BCUT2D eigenvalue weighted by Crippen LogP contribution is -2.60. The van der Waals surface area contributed by atoms with Gasteiger partial charge in [0.1, 0.15) is 22.7 Å². The van der Waals surface area contributed by atoms with E-state index in [0.717, 1.165) is 67.6 Å². The zero-order valence-electron chi connectivity index (χ0n) is 42.5. The Bertz CT molecular complexity index is 3170. The number of ether oxygens (including phenoxy) is 1. The summed E-state index contributed by atoms with van der Waals surface area (Å²) in [5, 5.41) is 2.16. The average Bonchev–Trinajstić information content (AvgIpc) is 3.63. The van der Waals surface area contributed by atoms with Crippen LogP contribution in [0.4, 0.5) is 34.1 Å². The van der Waals surface area contributed by atoms with E-state index in [-0.39, 0.29) is 33.8 Å². The van der Waals surface area contributed by atoms with Crippen molar-refractivity contribution in [3.8, 4) is 11.5 Å². The van der Waals surface area contributed by atoms with Crippen molar-refractivity contribution in [2.75, 3.05) is 9.80 Å². The molecule has 0 unspecified atom stereocenters. The van der Waals surface area contributed by atoms with E-state index in [2.05, 4.69) is 247 Å². The first-order chi connectivity index (χ1) is 31.4. The first-order valence-corrected chi connectivity index (χ1v) is 24.3. The quantitative estimate of drug-likeness (QED) is 0.165. The van der Waals surface area contributed by atoms with E-state index in [1.165, 1.54) is 44.2 Å². The third-order valence-electron chi connectivity index (χ3n) is 14.3. The monoisotopic (exact) mass is 883 g/mol. The minimum atomic E-state index is -0.147. The summed E-state index contributed by atoms with van der Waals surface area (Å²) in [7, 11) is 0. The summed E-state index contributed by atoms with van der Waals surface area (Å²) in [6, 6.07) is 50.3. The Labute approximate surface area is 400 Å². The van der Waals surface area contributed by atoms with E-state index in [4.69, 9.17) is 9.15 Å². The molecule has 3 heterocycles. The van der Waals surface area contributed by atoms with Crippen LogP contribution in [0.15, 0.2) is 138 Å². The largest absolute Gasteiger partial charge is 0.458 e. The third kappa shape index (κ3) is 7.73. The Morgan fingerprint density at radius 1 is 0.433 bits per heavy atom. The lowest BCUT2D eigenvalue weighted by atomic mass is 9.33. The second kappa shape index (κ2) is 15.2. The second-order valence-corrected chi connectivity index (χ2v) is 24.4. The maximum absolute atomic E-state index is 7.13. The number of nitrogens with zero attached hydrogens (tertiary/aromatic N) is 2. The van der Waals surface area contributed by atoms with Crippen LogP contribution < -0.4 is 30.9 Å². The maximum atomic E-state index is 7.13. The molecule has 0 aliphatic carbocycles. The Kier molecular flexibility index (Phi) is 10.1. The molecule has 340 valence electrons. The van der Waals surface area contributed by atoms with Crippen LogP contribution in [0.5, 0.6) is 11.5 Å². The predicted molar refractivity (Wildman–Crippen MR) is 288 cm³/mol. The zero-order chi connectivity index (χ0) is 47.7. The summed E-state index contributed by atoms with van der Waals surface area (Å²) in [6.45, 7) is 34.4. The third-order valence-corrected chi connectivity index (χ3v) is 14.3. The molecule has 8 aromatic rings. The van der Waals surface area contributed by atoms with Gasteiger partial charge in [-0.15, -0.1) is 0 Å². The fraction of sp³-hybridized carbons (Fsp3) is 0.323. The summed E-state index contributed by atoms with van der Waals surface area (Å²) in [4.78, 5) is 4.95. The molecular weight excluding hydrogens is 816 g/mol. The average molecular weight is 883 g/mol. The summed E-state index contributed by atoms with van der Waals surface area (Å²) < 4.78 is 14.1. The number of rotatable bonds is 4. The van der Waals surface area contributed by atoms with E-state index in [9.17, 15) is 0 Å². The van der Waals surface area contributed by atoms with E-state index < -0.39 is 0 Å². The smallest absolute Gasteiger partial charge is 0.256 e. The van der Waals surface area contributed by atoms with E-state index in [0.29, 0.717) is 0 Å². The number of fused-ring (bicyclic) bond motifs is 7. The molecule has 0 saturated heterocycles. The molecule has 1 aromatic heterocycles. The van der Waals surface area contributed by atoms with E-state index >= 15 is 0 Å². The van der Waals surface area contributed by atoms with Gasteiger partial charge in [-0.05, 0) is 132 Å². The van der Waals surface area contributed by atoms with Crippen LogP contribution in [0.2, 0.25) is 0 Å².